The van der Waals surface area contributed by atoms with E-state index in [4.69, 9.17) is 0 Å². The van der Waals surface area contributed by atoms with Gasteiger partial charge in [-0.2, -0.15) is 0 Å². The predicted octanol–water partition coefficient (Wildman–Crippen LogP) is 1.21. The first-order valence-electron chi connectivity index (χ1n) is 7.97. The molecule has 1 aromatic rings. The molecule has 130 valence electrons. The third-order valence-electron chi connectivity index (χ3n) is 4.09. The average Bonchev–Trinajstić information content (AvgIpc) is 2.94. The van der Waals surface area contributed by atoms with Crippen molar-refractivity contribution in [3.05, 3.63) is 35.9 Å². The molecule has 0 aromatic heterocycles. The summed E-state index contributed by atoms with van der Waals surface area (Å²) >= 11 is 0. The maximum absolute atomic E-state index is 12.2. The van der Waals surface area contributed by atoms with Crippen molar-refractivity contribution in [1.82, 2.24) is 15.5 Å². The maximum atomic E-state index is 12.2. The summed E-state index contributed by atoms with van der Waals surface area (Å²) < 4.78 is 4.50. The molecule has 24 heavy (non-hydrogen) atoms. The van der Waals surface area contributed by atoms with Gasteiger partial charge in [-0.3, -0.25) is 9.59 Å². The Bertz CT molecular complexity index is 591. The number of amides is 3. The number of hydrogen-bond acceptors (Lipinski definition) is 4. The molecular weight excluding hydrogens is 310 g/mol. The normalized spacial score (nSPS) is 18.2. The predicted molar refractivity (Wildman–Crippen MR) is 88.1 cm³/mol. The van der Waals surface area contributed by atoms with Crippen LogP contribution in [-0.4, -0.2) is 49.0 Å². The molecule has 2 rings (SSSR count). The van der Waals surface area contributed by atoms with E-state index in [9.17, 15) is 14.4 Å². The number of hydrogen-bond donors (Lipinski definition) is 2. The topological polar surface area (TPSA) is 87.7 Å². The van der Waals surface area contributed by atoms with Gasteiger partial charge in [0.2, 0.25) is 5.91 Å². The third kappa shape index (κ3) is 4.71. The van der Waals surface area contributed by atoms with Crippen molar-refractivity contribution < 1.29 is 19.1 Å². The van der Waals surface area contributed by atoms with E-state index in [0.29, 0.717) is 6.54 Å². The van der Waals surface area contributed by atoms with Crippen molar-refractivity contribution in [2.75, 3.05) is 20.2 Å². The highest BCUT2D eigenvalue weighted by molar-refractivity contribution is 5.82. The zero-order valence-corrected chi connectivity index (χ0v) is 14.0. The zero-order chi connectivity index (χ0) is 17.5. The summed E-state index contributed by atoms with van der Waals surface area (Å²) in [4.78, 5) is 36.8. The van der Waals surface area contributed by atoms with Gasteiger partial charge in [0.05, 0.1) is 25.6 Å². The molecule has 7 heteroatoms. The van der Waals surface area contributed by atoms with Crippen LogP contribution in [0.25, 0.3) is 0 Å². The maximum Gasteiger partial charge on any atom is 0.315 e. The molecule has 1 aliphatic rings. The average molecular weight is 333 g/mol. The third-order valence-corrected chi connectivity index (χ3v) is 4.09. The molecular formula is C17H23N3O4. The molecule has 1 aromatic carbocycles. The Hall–Kier alpha value is -2.57. The molecule has 1 aliphatic heterocycles. The van der Waals surface area contributed by atoms with Gasteiger partial charge >= 0.3 is 12.0 Å². The van der Waals surface area contributed by atoms with E-state index in [1.165, 1.54) is 7.11 Å². The fourth-order valence-electron chi connectivity index (χ4n) is 2.73. The van der Waals surface area contributed by atoms with Crippen molar-refractivity contribution in [3.8, 4) is 0 Å². The lowest BCUT2D eigenvalue weighted by Gasteiger charge is -2.25. The summed E-state index contributed by atoms with van der Waals surface area (Å²) in [6.45, 7) is 2.65. The molecule has 1 heterocycles. The number of carbonyl (C=O) groups excluding carboxylic acids is 3. The largest absolute Gasteiger partial charge is 0.469 e. The van der Waals surface area contributed by atoms with Crippen molar-refractivity contribution in [3.63, 3.8) is 0 Å². The number of likely N-dealkylation sites (tertiary alicyclic amines) is 1. The molecule has 1 fully saturated rings. The van der Waals surface area contributed by atoms with Crippen molar-refractivity contribution >= 4 is 17.9 Å². The molecule has 7 nitrogen and oxygen atoms in total. The van der Waals surface area contributed by atoms with E-state index in [1.807, 2.05) is 37.3 Å². The molecule has 3 amide bonds. The van der Waals surface area contributed by atoms with E-state index in [-0.39, 0.29) is 49.4 Å². The van der Waals surface area contributed by atoms with Crippen LogP contribution in [0.1, 0.15) is 31.4 Å². The fraction of sp³-hybridized carbons (Fsp3) is 0.471. The lowest BCUT2D eigenvalue weighted by Crippen LogP contribution is -2.44. The van der Waals surface area contributed by atoms with Crippen LogP contribution in [0.5, 0.6) is 0 Å². The van der Waals surface area contributed by atoms with Gasteiger partial charge in [0, 0.05) is 19.5 Å². The molecule has 0 radical (unpaired) electrons. The van der Waals surface area contributed by atoms with Gasteiger partial charge in [-0.25, -0.2) is 4.79 Å². The van der Waals surface area contributed by atoms with Crippen molar-refractivity contribution in [2.24, 2.45) is 0 Å². The Balaban J connectivity index is 1.81. The van der Waals surface area contributed by atoms with Crippen molar-refractivity contribution in [2.45, 2.75) is 31.8 Å². The van der Waals surface area contributed by atoms with Gasteiger partial charge in [0.15, 0.2) is 0 Å². The standard InChI is InChI=1S/C17H23N3O4/c1-12(13-6-4-3-5-7-13)20-11-14(10-15(20)21)19-17(23)18-9-8-16(22)24-2/h3-7,12,14H,8-11H2,1-2H3,(H2,18,19,23). The van der Waals surface area contributed by atoms with Crippen LogP contribution >= 0.6 is 0 Å². The van der Waals surface area contributed by atoms with Crippen LogP contribution in [-0.2, 0) is 14.3 Å². The van der Waals surface area contributed by atoms with Crippen LogP contribution in [0.3, 0.4) is 0 Å². The molecule has 2 N–H and O–H groups in total. The van der Waals surface area contributed by atoms with Crippen LogP contribution in [0, 0.1) is 0 Å². The zero-order valence-electron chi connectivity index (χ0n) is 14.0. The Morgan fingerprint density at radius 1 is 1.33 bits per heavy atom. The second-order valence-electron chi connectivity index (χ2n) is 5.76. The lowest BCUT2D eigenvalue weighted by molar-refractivity contribution is -0.140. The smallest absolute Gasteiger partial charge is 0.315 e. The second-order valence-corrected chi connectivity index (χ2v) is 5.76. The first kappa shape index (κ1) is 17.8. The quantitative estimate of drug-likeness (QED) is 0.766. The minimum atomic E-state index is -0.383. The van der Waals surface area contributed by atoms with E-state index in [2.05, 4.69) is 15.4 Å². The molecule has 2 atom stereocenters. The van der Waals surface area contributed by atoms with E-state index < -0.39 is 0 Å². The molecule has 0 spiro atoms. The number of urea groups is 1. The molecule has 1 saturated heterocycles. The van der Waals surface area contributed by atoms with Gasteiger partial charge < -0.3 is 20.3 Å². The van der Waals surface area contributed by atoms with E-state index in [0.717, 1.165) is 5.56 Å². The number of rotatable bonds is 6. The Labute approximate surface area is 141 Å². The summed E-state index contributed by atoms with van der Waals surface area (Å²) in [5.74, 6) is -0.361. The number of carbonyl (C=O) groups is 3. The minimum Gasteiger partial charge on any atom is -0.469 e. The van der Waals surface area contributed by atoms with Crippen LogP contribution in [0.15, 0.2) is 30.3 Å². The first-order valence-corrected chi connectivity index (χ1v) is 7.97. The number of benzene rings is 1. The Morgan fingerprint density at radius 3 is 2.71 bits per heavy atom. The monoisotopic (exact) mass is 333 g/mol. The van der Waals surface area contributed by atoms with Crippen LogP contribution in [0.4, 0.5) is 4.79 Å². The Kier molecular flexibility index (Phi) is 6.17. The number of nitrogens with zero attached hydrogens (tertiary/aromatic N) is 1. The molecule has 2 unspecified atom stereocenters. The number of ether oxygens (including phenoxy) is 1. The molecule has 0 bridgehead atoms. The van der Waals surface area contributed by atoms with Crippen LogP contribution < -0.4 is 10.6 Å². The summed E-state index contributed by atoms with van der Waals surface area (Å²) in [6, 6.07) is 9.13. The Morgan fingerprint density at radius 2 is 2.04 bits per heavy atom. The van der Waals surface area contributed by atoms with E-state index >= 15 is 0 Å². The minimum absolute atomic E-state index is 0.0196. The first-order chi connectivity index (χ1) is 11.5. The fourth-order valence-corrected chi connectivity index (χ4v) is 2.73. The molecule has 0 aliphatic carbocycles. The molecule has 0 saturated carbocycles. The SMILES string of the molecule is COC(=O)CCNC(=O)NC1CC(=O)N(C(C)c2ccccc2)C1. The van der Waals surface area contributed by atoms with Gasteiger partial charge in [-0.05, 0) is 12.5 Å². The van der Waals surface area contributed by atoms with Crippen LogP contribution in [0.2, 0.25) is 0 Å². The summed E-state index contributed by atoms with van der Waals surface area (Å²) in [5, 5.41) is 5.36. The van der Waals surface area contributed by atoms with Gasteiger partial charge in [-0.15, -0.1) is 0 Å². The van der Waals surface area contributed by atoms with E-state index in [1.54, 1.807) is 4.90 Å². The van der Waals surface area contributed by atoms with Gasteiger partial charge in [0.1, 0.15) is 0 Å². The highest BCUT2D eigenvalue weighted by Crippen LogP contribution is 2.25. The summed E-state index contributed by atoms with van der Waals surface area (Å²) in [6.07, 6.45) is 0.395. The summed E-state index contributed by atoms with van der Waals surface area (Å²) in [7, 11) is 1.30. The van der Waals surface area contributed by atoms with Gasteiger partial charge in [0.25, 0.3) is 0 Å². The second kappa shape index (κ2) is 8.33. The number of nitrogens with one attached hydrogen (secondary N) is 2. The summed E-state index contributed by atoms with van der Waals surface area (Å²) in [5.41, 5.74) is 1.06. The lowest BCUT2D eigenvalue weighted by atomic mass is 10.1. The van der Waals surface area contributed by atoms with Crippen molar-refractivity contribution in [1.29, 1.82) is 0 Å². The number of methoxy groups -OCH3 is 1. The van der Waals surface area contributed by atoms with Gasteiger partial charge in [-0.1, -0.05) is 30.3 Å². The highest BCUT2D eigenvalue weighted by Gasteiger charge is 2.33. The highest BCUT2D eigenvalue weighted by atomic mass is 16.5. The number of esters is 1.